The van der Waals surface area contributed by atoms with Gasteiger partial charge in [-0.2, -0.15) is 0 Å². The molecule has 0 saturated carbocycles. The fraction of sp³-hybridized carbons (Fsp3) is 0.278. The number of benzene rings is 1. The average Bonchev–Trinajstić information content (AvgIpc) is 2.92. The van der Waals surface area contributed by atoms with Crippen LogP contribution in [0.2, 0.25) is 0 Å². The Bertz CT molecular complexity index is 822. The molecular weight excluding hydrogens is 485 g/mol. The molecule has 0 spiro atoms. The summed E-state index contributed by atoms with van der Waals surface area (Å²) in [5.41, 5.74) is 0.665. The lowest BCUT2D eigenvalue weighted by Crippen LogP contribution is -2.42. The third-order valence-electron chi connectivity index (χ3n) is 3.65. The summed E-state index contributed by atoms with van der Waals surface area (Å²) >= 11 is 2.87. The van der Waals surface area contributed by atoms with E-state index in [9.17, 15) is 14.4 Å². The monoisotopic (exact) mass is 503 g/mol. The zero-order valence-corrected chi connectivity index (χ0v) is 18.0. The molecule has 0 aromatic heterocycles. The van der Waals surface area contributed by atoms with Gasteiger partial charge in [-0.05, 0) is 65.0 Å². The summed E-state index contributed by atoms with van der Waals surface area (Å²) in [7, 11) is 2.72. The van der Waals surface area contributed by atoms with E-state index in [2.05, 4.69) is 33.9 Å². The third-order valence-corrected chi connectivity index (χ3v) is 5.33. The van der Waals surface area contributed by atoms with Crippen molar-refractivity contribution in [2.24, 2.45) is 0 Å². The van der Waals surface area contributed by atoms with E-state index in [0.29, 0.717) is 23.7 Å². The molecule has 0 aliphatic carbocycles. The number of carbonyl (C=O) groups is 3. The lowest BCUT2D eigenvalue weighted by molar-refractivity contribution is -0.148. The van der Waals surface area contributed by atoms with Gasteiger partial charge in [-0.15, -0.1) is 0 Å². The third kappa shape index (κ3) is 4.64. The van der Waals surface area contributed by atoms with Gasteiger partial charge in [-0.1, -0.05) is 12.7 Å². The first-order valence-electron chi connectivity index (χ1n) is 7.80. The number of nitrogens with zero attached hydrogens (tertiary/aromatic N) is 1. The maximum absolute atomic E-state index is 12.6. The van der Waals surface area contributed by atoms with E-state index in [1.165, 1.54) is 21.1 Å². The van der Waals surface area contributed by atoms with Crippen molar-refractivity contribution in [3.8, 4) is 11.5 Å². The molecule has 1 aliphatic rings. The summed E-state index contributed by atoms with van der Waals surface area (Å²) in [5.74, 6) is -0.123. The molecule has 1 saturated heterocycles. The summed E-state index contributed by atoms with van der Waals surface area (Å²) in [4.78, 5) is 37.5. The molecular formula is C18H18INO6S. The minimum atomic E-state index is -0.988. The maximum Gasteiger partial charge on any atom is 0.328 e. The topological polar surface area (TPSA) is 82.1 Å². The van der Waals surface area contributed by atoms with Crippen LogP contribution in [0, 0.1) is 3.57 Å². The van der Waals surface area contributed by atoms with E-state index in [0.717, 1.165) is 20.2 Å². The number of hydrogen-bond donors (Lipinski definition) is 0. The number of ether oxygens (including phenoxy) is 3. The largest absolute Gasteiger partial charge is 0.493 e. The Morgan fingerprint density at radius 2 is 2.07 bits per heavy atom. The number of hydrogen-bond acceptors (Lipinski definition) is 7. The molecule has 2 amide bonds. The highest BCUT2D eigenvalue weighted by molar-refractivity contribution is 14.1. The molecule has 2 rings (SSSR count). The number of methoxy groups -OCH3 is 2. The zero-order valence-electron chi connectivity index (χ0n) is 15.0. The first-order valence-corrected chi connectivity index (χ1v) is 9.69. The quantitative estimate of drug-likeness (QED) is 0.244. The standard InChI is InChI=1S/C18H18INO6S/c1-5-6-26-15-12(19)7-11(8-13(15)24-3)9-14-16(21)20(18(23)27-14)10(2)17(22)25-4/h5,7-10H,1,6H2,2-4H3/b14-9+/t10-/m0/s1. The van der Waals surface area contributed by atoms with Crippen molar-refractivity contribution in [3.05, 3.63) is 38.8 Å². The fourth-order valence-electron chi connectivity index (χ4n) is 2.35. The van der Waals surface area contributed by atoms with Crippen molar-refractivity contribution < 1.29 is 28.6 Å². The second-order valence-corrected chi connectivity index (χ2v) is 7.54. The first-order chi connectivity index (χ1) is 12.8. The van der Waals surface area contributed by atoms with E-state index in [4.69, 9.17) is 9.47 Å². The summed E-state index contributed by atoms with van der Waals surface area (Å²) in [5, 5.41) is -0.517. The molecule has 0 bridgehead atoms. The molecule has 1 aromatic rings. The highest BCUT2D eigenvalue weighted by atomic mass is 127. The predicted octanol–water partition coefficient (Wildman–Crippen LogP) is 3.46. The van der Waals surface area contributed by atoms with Crippen molar-refractivity contribution in [2.75, 3.05) is 20.8 Å². The molecule has 7 nitrogen and oxygen atoms in total. The van der Waals surface area contributed by atoms with Gasteiger partial charge in [0.15, 0.2) is 11.5 Å². The van der Waals surface area contributed by atoms with Crippen LogP contribution in [0.3, 0.4) is 0 Å². The molecule has 0 N–H and O–H groups in total. The molecule has 27 heavy (non-hydrogen) atoms. The minimum absolute atomic E-state index is 0.216. The number of imide groups is 1. The average molecular weight is 503 g/mol. The van der Waals surface area contributed by atoms with Crippen molar-refractivity contribution in [1.82, 2.24) is 4.90 Å². The Morgan fingerprint density at radius 3 is 2.67 bits per heavy atom. The summed E-state index contributed by atoms with van der Waals surface area (Å²) in [6.07, 6.45) is 3.21. The number of thioether (sulfide) groups is 1. The van der Waals surface area contributed by atoms with Crippen LogP contribution < -0.4 is 9.47 Å². The maximum atomic E-state index is 12.6. The van der Waals surface area contributed by atoms with Gasteiger partial charge in [0.1, 0.15) is 12.6 Å². The highest BCUT2D eigenvalue weighted by Crippen LogP contribution is 2.37. The van der Waals surface area contributed by atoms with Gasteiger partial charge in [-0.25, -0.2) is 4.79 Å². The normalized spacial score (nSPS) is 16.4. The van der Waals surface area contributed by atoms with Crippen LogP contribution in [0.25, 0.3) is 6.08 Å². The van der Waals surface area contributed by atoms with Crippen molar-refractivity contribution in [2.45, 2.75) is 13.0 Å². The van der Waals surface area contributed by atoms with Crippen molar-refractivity contribution in [1.29, 1.82) is 0 Å². The van der Waals surface area contributed by atoms with Gasteiger partial charge in [0.05, 0.1) is 22.7 Å². The Kier molecular flexibility index (Phi) is 7.31. The van der Waals surface area contributed by atoms with Gasteiger partial charge in [0.25, 0.3) is 11.1 Å². The fourth-order valence-corrected chi connectivity index (χ4v) is 4.04. The summed E-state index contributed by atoms with van der Waals surface area (Å²) in [6, 6.07) is 2.52. The smallest absolute Gasteiger partial charge is 0.328 e. The SMILES string of the molecule is C=CCOc1c(I)cc(/C=C2/SC(=O)N([C@@H](C)C(=O)OC)C2=O)cc1OC. The second-order valence-electron chi connectivity index (χ2n) is 5.38. The molecule has 1 atom stereocenters. The van der Waals surface area contributed by atoms with Gasteiger partial charge in [-0.3, -0.25) is 14.5 Å². The lowest BCUT2D eigenvalue weighted by Gasteiger charge is -2.18. The van der Waals surface area contributed by atoms with Crippen LogP contribution in [0.15, 0.2) is 29.7 Å². The molecule has 0 unspecified atom stereocenters. The molecule has 1 aliphatic heterocycles. The highest BCUT2D eigenvalue weighted by Gasteiger charge is 2.41. The number of rotatable bonds is 7. The van der Waals surface area contributed by atoms with Crippen LogP contribution in [-0.4, -0.2) is 48.9 Å². The van der Waals surface area contributed by atoms with E-state index in [1.54, 1.807) is 24.3 Å². The van der Waals surface area contributed by atoms with E-state index in [-0.39, 0.29) is 4.91 Å². The molecule has 9 heteroatoms. The van der Waals surface area contributed by atoms with Gasteiger partial charge >= 0.3 is 5.97 Å². The number of amides is 2. The van der Waals surface area contributed by atoms with E-state index in [1.807, 2.05) is 0 Å². The van der Waals surface area contributed by atoms with Crippen LogP contribution in [-0.2, 0) is 14.3 Å². The van der Waals surface area contributed by atoms with Gasteiger partial charge in [0.2, 0.25) is 0 Å². The summed E-state index contributed by atoms with van der Waals surface area (Å²) in [6.45, 7) is 5.39. The lowest BCUT2D eigenvalue weighted by atomic mass is 10.1. The van der Waals surface area contributed by atoms with Crippen LogP contribution in [0.5, 0.6) is 11.5 Å². The van der Waals surface area contributed by atoms with Crippen LogP contribution in [0.4, 0.5) is 4.79 Å². The number of halogens is 1. The van der Waals surface area contributed by atoms with E-state index < -0.39 is 23.2 Å². The number of carbonyl (C=O) groups excluding carboxylic acids is 3. The van der Waals surface area contributed by atoms with Gasteiger partial charge in [0, 0.05) is 0 Å². The molecule has 1 heterocycles. The van der Waals surface area contributed by atoms with Crippen molar-refractivity contribution in [3.63, 3.8) is 0 Å². The zero-order chi connectivity index (χ0) is 20.1. The van der Waals surface area contributed by atoms with Crippen LogP contribution >= 0.6 is 34.4 Å². The second kappa shape index (κ2) is 9.27. The molecule has 0 radical (unpaired) electrons. The predicted molar refractivity (Wildman–Crippen MR) is 111 cm³/mol. The number of esters is 1. The molecule has 1 fully saturated rings. The Morgan fingerprint density at radius 1 is 1.37 bits per heavy atom. The molecule has 144 valence electrons. The molecule has 1 aromatic carbocycles. The Hall–Kier alpha value is -2.01. The Balaban J connectivity index is 2.35. The van der Waals surface area contributed by atoms with E-state index >= 15 is 0 Å². The van der Waals surface area contributed by atoms with Crippen LogP contribution in [0.1, 0.15) is 12.5 Å². The minimum Gasteiger partial charge on any atom is -0.493 e. The first kappa shape index (κ1) is 21.3. The summed E-state index contributed by atoms with van der Waals surface area (Å²) < 4.78 is 16.4. The van der Waals surface area contributed by atoms with Gasteiger partial charge < -0.3 is 14.2 Å². The Labute approximate surface area is 174 Å². The van der Waals surface area contributed by atoms with Crippen molar-refractivity contribution >= 4 is 57.5 Å².